The van der Waals surface area contributed by atoms with Crippen LogP contribution in [0, 0.1) is 35.5 Å². The zero-order chi connectivity index (χ0) is 22.0. The molecule has 2 aromatic carbocycles. The van der Waals surface area contributed by atoms with Gasteiger partial charge in [-0.15, -0.1) is 0 Å². The summed E-state index contributed by atoms with van der Waals surface area (Å²) in [6.07, 6.45) is 1.70. The molecule has 0 saturated carbocycles. The molecular formula is C23H16ClN5OS. The Kier molecular flexibility index (Phi) is 5.73. The third-order valence-corrected chi connectivity index (χ3v) is 6.30. The van der Waals surface area contributed by atoms with Crippen molar-refractivity contribution in [3.63, 3.8) is 0 Å². The highest BCUT2D eigenvalue weighted by atomic mass is 35.5. The van der Waals surface area contributed by atoms with Gasteiger partial charge in [0.15, 0.2) is 0 Å². The highest BCUT2D eigenvalue weighted by Crippen LogP contribution is 2.33. The van der Waals surface area contributed by atoms with Crippen LogP contribution in [0.4, 0.5) is 0 Å². The molecule has 1 atom stereocenters. The van der Waals surface area contributed by atoms with E-state index in [2.05, 4.69) is 10.1 Å². The quantitative estimate of drug-likeness (QED) is 0.464. The zero-order valence-electron chi connectivity index (χ0n) is 16.4. The molecule has 0 spiro atoms. The van der Waals surface area contributed by atoms with Gasteiger partial charge in [-0.25, -0.2) is 4.98 Å². The van der Waals surface area contributed by atoms with Crippen LogP contribution >= 0.6 is 22.9 Å². The Labute approximate surface area is 187 Å². The number of nitrogens with zero attached hydrogens (tertiary/aromatic N) is 4. The lowest BCUT2D eigenvalue weighted by molar-refractivity contribution is 0.699. The normalized spacial score (nSPS) is 11.8. The van der Waals surface area contributed by atoms with Gasteiger partial charge in [-0.2, -0.15) is 15.2 Å². The summed E-state index contributed by atoms with van der Waals surface area (Å²) in [5, 5.41) is 23.3. The Balaban J connectivity index is 1.80. The van der Waals surface area contributed by atoms with E-state index < -0.39 is 11.8 Å². The molecule has 0 fully saturated rings. The lowest BCUT2D eigenvalue weighted by atomic mass is 9.82. The van der Waals surface area contributed by atoms with Crippen LogP contribution in [0.1, 0.15) is 22.7 Å². The van der Waals surface area contributed by atoms with Crippen molar-refractivity contribution in [1.29, 1.82) is 10.5 Å². The minimum absolute atomic E-state index is 0.321. The summed E-state index contributed by atoms with van der Waals surface area (Å²) < 4.78 is 1.37. The first kappa shape index (κ1) is 20.6. The van der Waals surface area contributed by atoms with Crippen LogP contribution in [0.15, 0.2) is 65.6 Å². The number of benzene rings is 2. The fourth-order valence-corrected chi connectivity index (χ4v) is 4.55. The monoisotopic (exact) mass is 445 g/mol. The van der Waals surface area contributed by atoms with Crippen molar-refractivity contribution >= 4 is 22.9 Å². The molecule has 0 amide bonds. The van der Waals surface area contributed by atoms with Crippen LogP contribution in [-0.2, 0) is 0 Å². The second kappa shape index (κ2) is 8.61. The number of hydrogen-bond donors (Lipinski definition) is 1. The molecule has 0 aliphatic carbocycles. The minimum atomic E-state index is -1.00. The Hall–Kier alpha value is -3.65. The smallest absolute Gasteiger partial charge is 0.277 e. The predicted molar refractivity (Wildman–Crippen MR) is 120 cm³/mol. The predicted octanol–water partition coefficient (Wildman–Crippen LogP) is 5.05. The molecule has 4 aromatic rings. The maximum Gasteiger partial charge on any atom is 0.277 e. The van der Waals surface area contributed by atoms with Crippen molar-refractivity contribution in [2.45, 2.75) is 12.8 Å². The summed E-state index contributed by atoms with van der Waals surface area (Å²) in [5.74, 6) is -1.67. The van der Waals surface area contributed by atoms with Gasteiger partial charge in [0.1, 0.15) is 5.92 Å². The van der Waals surface area contributed by atoms with E-state index in [4.69, 9.17) is 11.6 Å². The lowest BCUT2D eigenvalue weighted by Gasteiger charge is -2.16. The van der Waals surface area contributed by atoms with Crippen molar-refractivity contribution in [1.82, 2.24) is 14.8 Å². The molecule has 0 saturated heterocycles. The average Bonchev–Trinajstić information content (AvgIpc) is 3.38. The summed E-state index contributed by atoms with van der Waals surface area (Å²) in [6.45, 7) is 1.77. The first-order chi connectivity index (χ1) is 15.0. The first-order valence-electron chi connectivity index (χ1n) is 9.41. The van der Waals surface area contributed by atoms with Crippen molar-refractivity contribution in [3.8, 4) is 27.7 Å². The second-order valence-electron chi connectivity index (χ2n) is 6.93. The minimum Gasteiger partial charge on any atom is -0.293 e. The number of nitrogens with one attached hydrogen (secondary N) is 1. The Morgan fingerprint density at radius 3 is 2.42 bits per heavy atom. The van der Waals surface area contributed by atoms with Crippen LogP contribution in [-0.4, -0.2) is 14.8 Å². The Morgan fingerprint density at radius 1 is 1.10 bits per heavy atom. The van der Waals surface area contributed by atoms with Gasteiger partial charge in [0.05, 0.1) is 17.0 Å². The molecule has 8 heteroatoms. The number of H-pyrrole nitrogens is 1. The highest BCUT2D eigenvalue weighted by Gasteiger charge is 2.31. The zero-order valence-corrected chi connectivity index (χ0v) is 18.0. The fraction of sp³-hybridized carbons (Fsp3) is 0.130. The molecule has 2 aromatic heterocycles. The molecule has 0 radical (unpaired) electrons. The van der Waals surface area contributed by atoms with Gasteiger partial charge in [0.2, 0.25) is 5.13 Å². The third kappa shape index (κ3) is 3.89. The molecule has 0 aliphatic heterocycles. The van der Waals surface area contributed by atoms with E-state index in [-0.39, 0.29) is 5.56 Å². The van der Waals surface area contributed by atoms with Crippen LogP contribution in [0.5, 0.6) is 0 Å². The number of aromatic amines is 1. The number of thiazole rings is 1. The molecule has 2 heterocycles. The number of halogens is 1. The van der Waals surface area contributed by atoms with Gasteiger partial charge >= 0.3 is 0 Å². The van der Waals surface area contributed by atoms with Gasteiger partial charge in [-0.1, -0.05) is 65.4 Å². The number of aromatic nitrogens is 3. The van der Waals surface area contributed by atoms with Crippen LogP contribution < -0.4 is 5.56 Å². The van der Waals surface area contributed by atoms with Gasteiger partial charge < -0.3 is 0 Å². The molecule has 1 N–H and O–H groups in total. The Morgan fingerprint density at radius 2 is 1.77 bits per heavy atom. The van der Waals surface area contributed by atoms with E-state index in [1.165, 1.54) is 16.0 Å². The molecule has 0 unspecified atom stereocenters. The highest BCUT2D eigenvalue weighted by molar-refractivity contribution is 7.17. The van der Waals surface area contributed by atoms with E-state index >= 15 is 0 Å². The SMILES string of the molecule is Cc1[nH]n(-c2ncc(-c3ccc(Cl)cc3)s2)c(=O)c1[C@@H](c1ccccc1)C(C#N)C#N. The van der Waals surface area contributed by atoms with E-state index in [1.54, 1.807) is 25.3 Å². The number of nitriles is 2. The van der Waals surface area contributed by atoms with Crippen molar-refractivity contribution < 1.29 is 0 Å². The summed E-state index contributed by atoms with van der Waals surface area (Å²) in [7, 11) is 0. The molecule has 4 rings (SSSR count). The van der Waals surface area contributed by atoms with Crippen molar-refractivity contribution in [3.05, 3.63) is 93.0 Å². The van der Waals surface area contributed by atoms with Gasteiger partial charge in [0.25, 0.3) is 5.56 Å². The topological polar surface area (TPSA) is 98.3 Å². The summed E-state index contributed by atoms with van der Waals surface area (Å²) in [6, 6.07) is 20.6. The summed E-state index contributed by atoms with van der Waals surface area (Å²) >= 11 is 7.32. The number of rotatable bonds is 5. The molecule has 0 bridgehead atoms. The van der Waals surface area contributed by atoms with Crippen LogP contribution in [0.2, 0.25) is 5.02 Å². The van der Waals surface area contributed by atoms with Crippen LogP contribution in [0.25, 0.3) is 15.6 Å². The van der Waals surface area contributed by atoms with Gasteiger partial charge in [0, 0.05) is 28.4 Å². The summed E-state index contributed by atoms with van der Waals surface area (Å²) in [5.41, 5.74) is 2.35. The third-order valence-electron chi connectivity index (χ3n) is 5.01. The first-order valence-corrected chi connectivity index (χ1v) is 10.6. The van der Waals surface area contributed by atoms with Crippen LogP contribution in [0.3, 0.4) is 0 Å². The second-order valence-corrected chi connectivity index (χ2v) is 8.37. The fourth-order valence-electron chi connectivity index (χ4n) is 3.54. The summed E-state index contributed by atoms with van der Waals surface area (Å²) in [4.78, 5) is 18.7. The molecule has 152 valence electrons. The van der Waals surface area contributed by atoms with E-state index in [0.717, 1.165) is 16.0 Å². The largest absolute Gasteiger partial charge is 0.293 e. The van der Waals surface area contributed by atoms with E-state index in [0.29, 0.717) is 21.4 Å². The number of hydrogen-bond acceptors (Lipinski definition) is 5. The standard InChI is InChI=1S/C23H16ClN5OS/c1-14-20(21(17(11-25)12-26)16-5-3-2-4-6-16)22(30)29(28-14)23-27-13-19(31-23)15-7-9-18(24)10-8-15/h2-10,13,17,21,28H,1H3/t21-/m0/s1. The van der Waals surface area contributed by atoms with Crippen molar-refractivity contribution in [2.24, 2.45) is 5.92 Å². The number of aryl methyl sites for hydroxylation is 1. The molecule has 0 aliphatic rings. The Bertz CT molecular complexity index is 1340. The van der Waals surface area contributed by atoms with Gasteiger partial charge in [-0.05, 0) is 30.2 Å². The molecule has 31 heavy (non-hydrogen) atoms. The lowest BCUT2D eigenvalue weighted by Crippen LogP contribution is -2.23. The van der Waals surface area contributed by atoms with Crippen molar-refractivity contribution in [2.75, 3.05) is 0 Å². The molecule has 6 nitrogen and oxygen atoms in total. The average molecular weight is 446 g/mol. The maximum atomic E-state index is 13.4. The maximum absolute atomic E-state index is 13.4. The van der Waals surface area contributed by atoms with Gasteiger partial charge in [-0.3, -0.25) is 9.89 Å². The van der Waals surface area contributed by atoms with E-state index in [1.807, 2.05) is 54.6 Å². The molecular weight excluding hydrogens is 430 g/mol. The van der Waals surface area contributed by atoms with E-state index in [9.17, 15) is 15.3 Å².